The topological polar surface area (TPSA) is 30.2 Å². The normalized spacial score (nSPS) is 9.71. The average molecular weight is 193 g/mol. The lowest BCUT2D eigenvalue weighted by atomic mass is 10.4. The van der Waals surface area contributed by atoms with E-state index in [1.54, 1.807) is 23.2 Å². The van der Waals surface area contributed by atoms with Gasteiger partial charge in [-0.2, -0.15) is 5.10 Å². The number of allylic oxidation sites excluding steroid dienone is 1. The first-order valence-corrected chi connectivity index (χ1v) is 4.81. The number of hydrogen-bond acceptors (Lipinski definition) is 2. The van der Waals surface area contributed by atoms with Crippen molar-refractivity contribution < 1.29 is 0 Å². The molecule has 1 aromatic rings. The summed E-state index contributed by atoms with van der Waals surface area (Å²) in [7, 11) is 1.86. The average Bonchev–Trinajstić information content (AvgIpc) is 2.45. The Bertz CT molecular complexity index is 278. The summed E-state index contributed by atoms with van der Waals surface area (Å²) in [5, 5.41) is 4.04. The highest BCUT2D eigenvalue weighted by molar-refractivity contribution is 5.73. The van der Waals surface area contributed by atoms with E-state index in [0.29, 0.717) is 0 Å². The van der Waals surface area contributed by atoms with Gasteiger partial charge < -0.3 is 0 Å². The zero-order valence-corrected chi connectivity index (χ0v) is 9.49. The van der Waals surface area contributed by atoms with Crippen LogP contribution < -0.4 is 0 Å². The molecule has 0 saturated carbocycles. The molecule has 14 heavy (non-hydrogen) atoms. The molecule has 0 fully saturated rings. The molecule has 3 heteroatoms. The van der Waals surface area contributed by atoms with Crippen molar-refractivity contribution in [3.05, 3.63) is 24.4 Å². The van der Waals surface area contributed by atoms with E-state index in [0.717, 1.165) is 11.4 Å². The number of nitrogens with zero attached hydrogens (tertiary/aromatic N) is 3. The van der Waals surface area contributed by atoms with Crippen LogP contribution in [-0.2, 0) is 7.05 Å². The van der Waals surface area contributed by atoms with Crippen molar-refractivity contribution >= 4 is 12.0 Å². The Balaban J connectivity index is 0.000000500. The van der Waals surface area contributed by atoms with Crippen molar-refractivity contribution in [1.82, 2.24) is 9.78 Å². The maximum Gasteiger partial charge on any atom is 0.152 e. The maximum atomic E-state index is 4.14. The van der Waals surface area contributed by atoms with Crippen LogP contribution in [0.25, 0.3) is 0 Å². The van der Waals surface area contributed by atoms with Gasteiger partial charge in [0.05, 0.1) is 6.20 Å². The van der Waals surface area contributed by atoms with Gasteiger partial charge in [-0.25, -0.2) is 4.99 Å². The van der Waals surface area contributed by atoms with Crippen LogP contribution in [0.2, 0.25) is 0 Å². The fourth-order valence-electron chi connectivity index (χ4n) is 0.850. The summed E-state index contributed by atoms with van der Waals surface area (Å²) in [6.45, 7) is 9.77. The molecule has 1 aromatic heterocycles. The molecule has 0 aliphatic carbocycles. The van der Waals surface area contributed by atoms with Crippen molar-refractivity contribution in [3.8, 4) is 0 Å². The van der Waals surface area contributed by atoms with Gasteiger partial charge in [0.1, 0.15) is 0 Å². The van der Waals surface area contributed by atoms with E-state index in [2.05, 4.69) is 30.5 Å². The number of aromatic nitrogens is 2. The molecule has 0 unspecified atom stereocenters. The van der Waals surface area contributed by atoms with Gasteiger partial charge in [0.25, 0.3) is 0 Å². The van der Waals surface area contributed by atoms with Gasteiger partial charge >= 0.3 is 0 Å². The van der Waals surface area contributed by atoms with E-state index in [1.165, 1.54) is 6.42 Å². The summed E-state index contributed by atoms with van der Waals surface area (Å²) in [5.74, 6) is 0.880. The number of hydrogen-bond donors (Lipinski definition) is 0. The SMILES string of the molecule is C=C/C=N\c1c(C)cnn1C.CCC. The predicted molar refractivity (Wildman–Crippen MR) is 62.3 cm³/mol. The van der Waals surface area contributed by atoms with Gasteiger partial charge in [0.2, 0.25) is 0 Å². The van der Waals surface area contributed by atoms with E-state index < -0.39 is 0 Å². The third-order valence-corrected chi connectivity index (χ3v) is 1.39. The van der Waals surface area contributed by atoms with Crippen LogP contribution in [0.5, 0.6) is 0 Å². The highest BCUT2D eigenvalue weighted by atomic mass is 15.3. The predicted octanol–water partition coefficient (Wildman–Crippen LogP) is 3.03. The molecule has 0 bridgehead atoms. The first-order valence-electron chi connectivity index (χ1n) is 4.81. The van der Waals surface area contributed by atoms with Gasteiger partial charge in [-0.15, -0.1) is 0 Å². The number of aliphatic imine (C=N–C) groups is 1. The lowest BCUT2D eigenvalue weighted by Gasteiger charge is -1.93. The molecule has 0 aromatic carbocycles. The smallest absolute Gasteiger partial charge is 0.152 e. The Labute approximate surface area is 86.2 Å². The highest BCUT2D eigenvalue weighted by Gasteiger charge is 1.99. The lowest BCUT2D eigenvalue weighted by Crippen LogP contribution is -1.88. The van der Waals surface area contributed by atoms with E-state index in [-0.39, 0.29) is 0 Å². The molecule has 0 saturated heterocycles. The minimum Gasteiger partial charge on any atom is -0.251 e. The molecule has 0 N–H and O–H groups in total. The van der Waals surface area contributed by atoms with Crippen LogP contribution in [-0.4, -0.2) is 16.0 Å². The molecule has 0 amide bonds. The fourth-order valence-corrected chi connectivity index (χ4v) is 0.850. The molecule has 0 spiro atoms. The third kappa shape index (κ3) is 4.03. The standard InChI is InChI=1S/C8H11N3.C3H8/c1-4-5-9-8-7(2)6-10-11(8)3;1-3-2/h4-6H,1H2,2-3H3;3H2,1-2H3/b9-5-;. The van der Waals surface area contributed by atoms with Crippen molar-refractivity contribution in [3.63, 3.8) is 0 Å². The zero-order chi connectivity index (χ0) is 11.0. The van der Waals surface area contributed by atoms with Crippen LogP contribution >= 0.6 is 0 Å². The van der Waals surface area contributed by atoms with E-state index in [1.807, 2.05) is 14.0 Å². The monoisotopic (exact) mass is 193 g/mol. The molecule has 0 aliphatic rings. The van der Waals surface area contributed by atoms with Crippen LogP contribution in [0.3, 0.4) is 0 Å². The molecule has 1 rings (SSSR count). The Morgan fingerprint density at radius 2 is 2.14 bits per heavy atom. The van der Waals surface area contributed by atoms with Crippen LogP contribution in [0, 0.1) is 6.92 Å². The molecule has 78 valence electrons. The van der Waals surface area contributed by atoms with Crippen molar-refractivity contribution in [1.29, 1.82) is 0 Å². The van der Waals surface area contributed by atoms with E-state index in [4.69, 9.17) is 0 Å². The quantitative estimate of drug-likeness (QED) is 0.664. The number of rotatable bonds is 2. The minimum atomic E-state index is 0.880. The van der Waals surface area contributed by atoms with Crippen LogP contribution in [0.4, 0.5) is 5.82 Å². The highest BCUT2D eigenvalue weighted by Crippen LogP contribution is 2.14. The Morgan fingerprint density at radius 3 is 2.50 bits per heavy atom. The van der Waals surface area contributed by atoms with Gasteiger partial charge in [0.15, 0.2) is 5.82 Å². The maximum absolute atomic E-state index is 4.14. The Morgan fingerprint density at radius 1 is 1.57 bits per heavy atom. The van der Waals surface area contributed by atoms with E-state index >= 15 is 0 Å². The molecule has 0 atom stereocenters. The first-order chi connectivity index (χ1) is 6.67. The molecule has 1 heterocycles. The van der Waals surface area contributed by atoms with Crippen molar-refractivity contribution in [2.24, 2.45) is 12.0 Å². The first kappa shape index (κ1) is 12.6. The van der Waals surface area contributed by atoms with Crippen molar-refractivity contribution in [2.45, 2.75) is 27.2 Å². The second kappa shape index (κ2) is 7.06. The minimum absolute atomic E-state index is 0.880. The Kier molecular flexibility index (Phi) is 6.37. The van der Waals surface area contributed by atoms with Crippen LogP contribution in [0.1, 0.15) is 25.8 Å². The Hall–Kier alpha value is -1.38. The third-order valence-electron chi connectivity index (χ3n) is 1.39. The molecule has 3 nitrogen and oxygen atoms in total. The second-order valence-corrected chi connectivity index (χ2v) is 3.00. The number of aryl methyl sites for hydroxylation is 2. The summed E-state index contributed by atoms with van der Waals surface area (Å²) in [5.41, 5.74) is 1.07. The molecular formula is C11H19N3. The van der Waals surface area contributed by atoms with Crippen LogP contribution in [0.15, 0.2) is 23.8 Å². The van der Waals surface area contributed by atoms with Gasteiger partial charge in [0, 0.05) is 18.8 Å². The van der Waals surface area contributed by atoms with Gasteiger partial charge in [-0.3, -0.25) is 4.68 Å². The van der Waals surface area contributed by atoms with E-state index in [9.17, 15) is 0 Å². The van der Waals surface area contributed by atoms with Gasteiger partial charge in [-0.1, -0.05) is 32.9 Å². The van der Waals surface area contributed by atoms with Gasteiger partial charge in [-0.05, 0) is 6.92 Å². The molecule has 0 aliphatic heterocycles. The summed E-state index contributed by atoms with van der Waals surface area (Å²) in [4.78, 5) is 4.14. The molecular weight excluding hydrogens is 174 g/mol. The fraction of sp³-hybridized carbons (Fsp3) is 0.455. The lowest BCUT2D eigenvalue weighted by molar-refractivity contribution is 0.771. The second-order valence-electron chi connectivity index (χ2n) is 3.00. The largest absolute Gasteiger partial charge is 0.251 e. The summed E-state index contributed by atoms with van der Waals surface area (Å²) in [6.07, 6.45) is 6.34. The zero-order valence-electron chi connectivity index (χ0n) is 9.49. The van der Waals surface area contributed by atoms with Crippen molar-refractivity contribution in [2.75, 3.05) is 0 Å². The summed E-state index contributed by atoms with van der Waals surface area (Å²) in [6, 6.07) is 0. The molecule has 0 radical (unpaired) electrons. The summed E-state index contributed by atoms with van der Waals surface area (Å²) >= 11 is 0. The summed E-state index contributed by atoms with van der Waals surface area (Å²) < 4.78 is 1.73.